The van der Waals surface area contributed by atoms with Gasteiger partial charge < -0.3 is 11.0 Å². The highest BCUT2D eigenvalue weighted by molar-refractivity contribution is 7.95. The smallest absolute Gasteiger partial charge is 0.412 e. The second-order valence-corrected chi connectivity index (χ2v) is 2.27. The predicted octanol–water partition coefficient (Wildman–Crippen LogP) is 1.08. The van der Waals surface area contributed by atoms with Crippen molar-refractivity contribution in [2.45, 2.75) is 11.7 Å². The third-order valence-corrected chi connectivity index (χ3v) is 0.801. The van der Waals surface area contributed by atoms with Crippen molar-refractivity contribution < 1.29 is 41.5 Å². The summed E-state index contributed by atoms with van der Waals surface area (Å²) < 4.78 is 69.9. The van der Waals surface area contributed by atoms with Crippen LogP contribution in [0.4, 0.5) is 26.3 Å². The van der Waals surface area contributed by atoms with Gasteiger partial charge in [0.25, 0.3) is 0 Å². The number of alkyl halides is 6. The molecule has 0 aromatic carbocycles. The Balaban J connectivity index is -0.000000500. The SMILES string of the molecule is FC(F)(F)COSC(F)(F)F.O.O. The molecule has 0 saturated carbocycles. The lowest BCUT2D eigenvalue weighted by Crippen LogP contribution is -2.16. The van der Waals surface area contributed by atoms with Crippen LogP contribution in [0.5, 0.6) is 0 Å². The van der Waals surface area contributed by atoms with E-state index in [1.165, 1.54) is 0 Å². The molecule has 0 aromatic rings. The molecule has 0 heterocycles. The minimum absolute atomic E-state index is 0. The second-order valence-electron chi connectivity index (χ2n) is 1.41. The van der Waals surface area contributed by atoms with Gasteiger partial charge in [0.15, 0.2) is 6.61 Å². The monoisotopic (exact) mass is 236 g/mol. The molecule has 0 aromatic heterocycles. The number of hydrogen-bond donors (Lipinski definition) is 0. The van der Waals surface area contributed by atoms with E-state index in [9.17, 15) is 26.3 Å². The molecule has 84 valence electrons. The molecule has 4 N–H and O–H groups in total. The van der Waals surface area contributed by atoms with E-state index in [0.717, 1.165) is 0 Å². The molecule has 13 heavy (non-hydrogen) atoms. The van der Waals surface area contributed by atoms with Crippen molar-refractivity contribution in [3.8, 4) is 0 Å². The normalized spacial score (nSPS) is 11.5. The lowest BCUT2D eigenvalue weighted by Gasteiger charge is -2.07. The molecule has 0 fully saturated rings. The Labute approximate surface area is 72.9 Å². The lowest BCUT2D eigenvalue weighted by atomic mass is 10.7. The average Bonchev–Trinajstić information content (AvgIpc) is 1.55. The quantitative estimate of drug-likeness (QED) is 0.531. The van der Waals surface area contributed by atoms with E-state index < -0.39 is 30.3 Å². The van der Waals surface area contributed by atoms with Crippen molar-refractivity contribution in [3.05, 3.63) is 0 Å². The third kappa shape index (κ3) is 18.6. The van der Waals surface area contributed by atoms with Gasteiger partial charge in [0.1, 0.15) is 12.0 Å². The van der Waals surface area contributed by atoms with Crippen LogP contribution in [0.25, 0.3) is 0 Å². The standard InChI is InChI=1S/C3H2F6OS.2H2O/c4-2(5,6)1-10-11-3(7,8)9;;/h1H2;2*1H2. The van der Waals surface area contributed by atoms with Crippen LogP contribution in [0.3, 0.4) is 0 Å². The fourth-order valence-electron chi connectivity index (χ4n) is 0.163. The Morgan fingerprint density at radius 1 is 0.923 bits per heavy atom. The van der Waals surface area contributed by atoms with Crippen molar-refractivity contribution in [1.82, 2.24) is 0 Å². The maximum absolute atomic E-state index is 11.1. The van der Waals surface area contributed by atoms with E-state index in [-0.39, 0.29) is 11.0 Å². The van der Waals surface area contributed by atoms with Crippen molar-refractivity contribution in [2.24, 2.45) is 0 Å². The average molecular weight is 236 g/mol. The van der Waals surface area contributed by atoms with E-state index in [1.54, 1.807) is 0 Å². The van der Waals surface area contributed by atoms with Crippen LogP contribution in [0.15, 0.2) is 0 Å². The number of hydrogen-bond acceptors (Lipinski definition) is 2. The summed E-state index contributed by atoms with van der Waals surface area (Å²) >= 11 is -1.16. The van der Waals surface area contributed by atoms with Crippen LogP contribution >= 0.6 is 12.0 Å². The summed E-state index contributed by atoms with van der Waals surface area (Å²) in [5.74, 6) is 0. The van der Waals surface area contributed by atoms with Crippen molar-refractivity contribution in [2.75, 3.05) is 6.61 Å². The van der Waals surface area contributed by atoms with Gasteiger partial charge in [0, 0.05) is 0 Å². The molecule has 0 amide bonds. The van der Waals surface area contributed by atoms with Gasteiger partial charge >= 0.3 is 11.7 Å². The highest BCUT2D eigenvalue weighted by Crippen LogP contribution is 2.32. The molecule has 0 spiro atoms. The van der Waals surface area contributed by atoms with Gasteiger partial charge in [-0.3, -0.25) is 4.18 Å². The van der Waals surface area contributed by atoms with Gasteiger partial charge in [-0.2, -0.15) is 26.3 Å². The van der Waals surface area contributed by atoms with E-state index >= 15 is 0 Å². The topological polar surface area (TPSA) is 72.2 Å². The molecule has 0 unspecified atom stereocenters. The first-order valence-corrected chi connectivity index (χ1v) is 2.89. The van der Waals surface area contributed by atoms with Crippen molar-refractivity contribution in [3.63, 3.8) is 0 Å². The lowest BCUT2D eigenvalue weighted by molar-refractivity contribution is -0.152. The second kappa shape index (κ2) is 6.29. The fourth-order valence-corrected chi connectivity index (χ4v) is 0.489. The van der Waals surface area contributed by atoms with E-state index in [1.807, 2.05) is 0 Å². The van der Waals surface area contributed by atoms with Crippen LogP contribution in [0, 0.1) is 0 Å². The molecule has 0 radical (unpaired) electrons. The van der Waals surface area contributed by atoms with Crippen LogP contribution in [0.2, 0.25) is 0 Å². The van der Waals surface area contributed by atoms with Crippen LogP contribution < -0.4 is 0 Å². The molecule has 0 saturated heterocycles. The molecule has 10 heteroatoms. The van der Waals surface area contributed by atoms with Crippen LogP contribution in [-0.4, -0.2) is 29.2 Å². The summed E-state index contributed by atoms with van der Waals surface area (Å²) in [4.78, 5) is 0. The first-order valence-electron chi connectivity index (χ1n) is 2.15. The van der Waals surface area contributed by atoms with E-state index in [0.29, 0.717) is 0 Å². The summed E-state index contributed by atoms with van der Waals surface area (Å²) in [6, 6.07) is 0. The summed E-state index contributed by atoms with van der Waals surface area (Å²) in [6.45, 7) is -1.91. The zero-order valence-electron chi connectivity index (χ0n) is 5.79. The molecule has 0 aliphatic carbocycles. The van der Waals surface area contributed by atoms with Gasteiger partial charge in [0.05, 0.1) is 0 Å². The molecule has 0 atom stereocenters. The highest BCUT2D eigenvalue weighted by Gasteiger charge is 2.34. The fraction of sp³-hybridized carbons (Fsp3) is 1.00. The van der Waals surface area contributed by atoms with Gasteiger partial charge in [-0.15, -0.1) is 0 Å². The third-order valence-electron chi connectivity index (χ3n) is 0.376. The van der Waals surface area contributed by atoms with Crippen molar-refractivity contribution >= 4 is 12.0 Å². The maximum atomic E-state index is 11.1. The molecule has 3 nitrogen and oxygen atoms in total. The highest BCUT2D eigenvalue weighted by atomic mass is 32.2. The Morgan fingerprint density at radius 3 is 1.54 bits per heavy atom. The first-order chi connectivity index (χ1) is 4.71. The minimum Gasteiger partial charge on any atom is -0.412 e. The molecular weight excluding hydrogens is 230 g/mol. The first kappa shape index (κ1) is 18.6. The Kier molecular flexibility index (Phi) is 8.99. The van der Waals surface area contributed by atoms with Gasteiger partial charge in [0.2, 0.25) is 0 Å². The Morgan fingerprint density at radius 2 is 1.31 bits per heavy atom. The van der Waals surface area contributed by atoms with Gasteiger partial charge in [-0.05, 0) is 0 Å². The molecule has 0 aliphatic rings. The number of halogens is 6. The Bertz CT molecular complexity index is 107. The summed E-state index contributed by atoms with van der Waals surface area (Å²) in [7, 11) is 0. The van der Waals surface area contributed by atoms with E-state index in [2.05, 4.69) is 4.18 Å². The molecule has 0 bridgehead atoms. The molecule has 0 rings (SSSR count). The summed E-state index contributed by atoms with van der Waals surface area (Å²) in [6.07, 6.45) is -4.72. The number of rotatable bonds is 2. The molecule has 0 aliphatic heterocycles. The van der Waals surface area contributed by atoms with Crippen LogP contribution in [-0.2, 0) is 4.18 Å². The summed E-state index contributed by atoms with van der Waals surface area (Å²) in [5, 5.41) is 0. The van der Waals surface area contributed by atoms with Gasteiger partial charge in [-0.25, -0.2) is 0 Å². The summed E-state index contributed by atoms with van der Waals surface area (Å²) in [5.41, 5.74) is -4.79. The van der Waals surface area contributed by atoms with E-state index in [4.69, 9.17) is 0 Å². The predicted molar refractivity (Wildman–Crippen MR) is 32.9 cm³/mol. The maximum Gasteiger partial charge on any atom is 0.467 e. The minimum atomic E-state index is -4.79. The largest absolute Gasteiger partial charge is 0.467 e. The zero-order valence-corrected chi connectivity index (χ0v) is 6.61. The van der Waals surface area contributed by atoms with Gasteiger partial charge in [-0.1, -0.05) is 0 Å². The zero-order chi connectivity index (χ0) is 9.12. The molecular formula is C3H6F6O3S. The Hall–Kier alpha value is -0.190. The van der Waals surface area contributed by atoms with Crippen molar-refractivity contribution in [1.29, 1.82) is 0 Å². The van der Waals surface area contributed by atoms with Crippen LogP contribution in [0.1, 0.15) is 0 Å².